The Hall–Kier alpha value is -1.48. The Morgan fingerprint density at radius 1 is 1.41 bits per heavy atom. The van der Waals surface area contributed by atoms with E-state index in [0.717, 1.165) is 29.6 Å². The van der Waals surface area contributed by atoms with Crippen molar-refractivity contribution in [3.63, 3.8) is 0 Å². The molecule has 0 amide bonds. The summed E-state index contributed by atoms with van der Waals surface area (Å²) in [5.74, 6) is 0.800. The molecule has 3 heteroatoms. The summed E-state index contributed by atoms with van der Waals surface area (Å²) in [6, 6.07) is 6.40. The fourth-order valence-electron chi connectivity index (χ4n) is 2.63. The summed E-state index contributed by atoms with van der Waals surface area (Å²) in [6.07, 6.45) is 4.02. The molecule has 1 aromatic carbocycles. The lowest BCUT2D eigenvalue weighted by Crippen LogP contribution is -2.31. The number of furan rings is 1. The van der Waals surface area contributed by atoms with Crippen LogP contribution >= 0.6 is 0 Å². The number of hydrogen-bond acceptors (Lipinski definition) is 3. The van der Waals surface area contributed by atoms with Gasteiger partial charge in [0, 0.05) is 16.8 Å². The minimum atomic E-state index is 0.152. The van der Waals surface area contributed by atoms with Crippen LogP contribution in [-0.4, -0.2) is 13.2 Å². The zero-order valence-corrected chi connectivity index (χ0v) is 10.2. The summed E-state index contributed by atoms with van der Waals surface area (Å²) < 4.78 is 10.8. The maximum Gasteiger partial charge on any atom is 0.175 e. The summed E-state index contributed by atoms with van der Waals surface area (Å²) in [4.78, 5) is 0. The van der Waals surface area contributed by atoms with Crippen LogP contribution in [0, 0.1) is 0 Å². The lowest BCUT2D eigenvalue weighted by atomic mass is 9.88. The van der Waals surface area contributed by atoms with Gasteiger partial charge in [-0.15, -0.1) is 0 Å². The van der Waals surface area contributed by atoms with Crippen LogP contribution in [0.25, 0.3) is 11.0 Å². The van der Waals surface area contributed by atoms with Crippen molar-refractivity contribution in [3.8, 4) is 5.75 Å². The molecule has 1 aliphatic carbocycles. The van der Waals surface area contributed by atoms with Gasteiger partial charge in [-0.25, -0.2) is 0 Å². The highest BCUT2D eigenvalue weighted by molar-refractivity contribution is 5.84. The highest BCUT2D eigenvalue weighted by atomic mass is 16.5. The molecule has 1 heterocycles. The molecule has 3 nitrogen and oxygen atoms in total. The fraction of sp³-hybridized carbons (Fsp3) is 0.429. The van der Waals surface area contributed by atoms with Crippen molar-refractivity contribution < 1.29 is 9.15 Å². The Morgan fingerprint density at radius 3 is 2.76 bits per heavy atom. The number of rotatable bonds is 3. The molecule has 3 rings (SSSR count). The summed E-state index contributed by atoms with van der Waals surface area (Å²) in [7, 11) is 1.67. The Kier molecular flexibility index (Phi) is 2.20. The van der Waals surface area contributed by atoms with E-state index in [4.69, 9.17) is 14.9 Å². The van der Waals surface area contributed by atoms with Gasteiger partial charge in [-0.05, 0) is 43.5 Å². The van der Waals surface area contributed by atoms with Gasteiger partial charge in [-0.1, -0.05) is 0 Å². The molecule has 1 unspecified atom stereocenters. The quantitative estimate of drug-likeness (QED) is 0.883. The van der Waals surface area contributed by atoms with Crippen LogP contribution < -0.4 is 10.5 Å². The zero-order valence-electron chi connectivity index (χ0n) is 10.2. The average molecular weight is 231 g/mol. The molecule has 0 saturated heterocycles. The molecule has 2 aromatic rings. The van der Waals surface area contributed by atoms with Crippen LogP contribution in [0.2, 0.25) is 0 Å². The Bertz CT molecular complexity index is 552. The van der Waals surface area contributed by atoms with Gasteiger partial charge in [-0.3, -0.25) is 0 Å². The van der Waals surface area contributed by atoms with Gasteiger partial charge in [0.25, 0.3) is 0 Å². The predicted molar refractivity (Wildman–Crippen MR) is 67.3 cm³/mol. The fourth-order valence-corrected chi connectivity index (χ4v) is 2.63. The number of hydrogen-bond donors (Lipinski definition) is 1. The van der Waals surface area contributed by atoms with Crippen molar-refractivity contribution in [2.24, 2.45) is 5.73 Å². The highest BCUT2D eigenvalue weighted by Crippen LogP contribution is 2.51. The molecule has 1 atom stereocenters. The van der Waals surface area contributed by atoms with Crippen molar-refractivity contribution in [3.05, 3.63) is 30.0 Å². The normalized spacial score (nSPS) is 19.2. The topological polar surface area (TPSA) is 48.4 Å². The first-order valence-electron chi connectivity index (χ1n) is 5.99. The number of fused-ring (bicyclic) bond motifs is 1. The SMILES string of the molecule is COc1cc(C2(C(C)N)CC2)cc2ccoc12. The molecular formula is C14H17NO2. The van der Waals surface area contributed by atoms with Gasteiger partial charge in [-0.2, -0.15) is 0 Å². The standard InChI is InChI=1S/C14H17NO2/c1-9(15)14(4-5-14)11-7-10-3-6-17-13(10)12(8-11)16-2/h3,6-9H,4-5,15H2,1-2H3. The van der Waals surface area contributed by atoms with Crippen molar-refractivity contribution in [2.45, 2.75) is 31.2 Å². The molecule has 1 aliphatic rings. The van der Waals surface area contributed by atoms with E-state index in [1.54, 1.807) is 13.4 Å². The van der Waals surface area contributed by atoms with Crippen molar-refractivity contribution in [2.75, 3.05) is 7.11 Å². The predicted octanol–water partition coefficient (Wildman–Crippen LogP) is 2.82. The van der Waals surface area contributed by atoms with Crippen LogP contribution in [0.15, 0.2) is 28.9 Å². The molecule has 2 N–H and O–H groups in total. The number of nitrogens with two attached hydrogens (primary N) is 1. The number of benzene rings is 1. The maximum absolute atomic E-state index is 6.11. The van der Waals surface area contributed by atoms with Gasteiger partial charge in [0.15, 0.2) is 11.3 Å². The van der Waals surface area contributed by atoms with Crippen LogP contribution in [-0.2, 0) is 5.41 Å². The minimum Gasteiger partial charge on any atom is -0.493 e. The van der Waals surface area contributed by atoms with Gasteiger partial charge in [0.2, 0.25) is 0 Å². The van der Waals surface area contributed by atoms with E-state index >= 15 is 0 Å². The van der Waals surface area contributed by atoms with Crippen molar-refractivity contribution >= 4 is 11.0 Å². The Morgan fingerprint density at radius 2 is 2.18 bits per heavy atom. The monoisotopic (exact) mass is 231 g/mol. The lowest BCUT2D eigenvalue weighted by molar-refractivity contribution is 0.408. The zero-order chi connectivity index (χ0) is 12.0. The van der Waals surface area contributed by atoms with Gasteiger partial charge in [0.05, 0.1) is 13.4 Å². The first-order valence-corrected chi connectivity index (χ1v) is 5.99. The van der Waals surface area contributed by atoms with E-state index in [1.165, 1.54) is 5.56 Å². The molecule has 1 saturated carbocycles. The first-order chi connectivity index (χ1) is 8.17. The molecule has 1 fully saturated rings. The number of methoxy groups -OCH3 is 1. The third kappa shape index (κ3) is 1.46. The third-order valence-electron chi connectivity index (χ3n) is 3.97. The van der Waals surface area contributed by atoms with E-state index in [1.807, 2.05) is 6.07 Å². The van der Waals surface area contributed by atoms with Crippen LogP contribution in [0.4, 0.5) is 0 Å². The summed E-state index contributed by atoms with van der Waals surface area (Å²) in [5, 5.41) is 1.09. The molecule has 1 aromatic heterocycles. The summed E-state index contributed by atoms with van der Waals surface area (Å²) in [5.41, 5.74) is 8.36. The second kappa shape index (κ2) is 3.50. The molecule has 0 spiro atoms. The highest BCUT2D eigenvalue weighted by Gasteiger charge is 2.47. The minimum absolute atomic E-state index is 0.152. The lowest BCUT2D eigenvalue weighted by Gasteiger charge is -2.20. The molecule has 0 bridgehead atoms. The molecule has 17 heavy (non-hydrogen) atoms. The van der Waals surface area contributed by atoms with E-state index in [-0.39, 0.29) is 11.5 Å². The Balaban J connectivity index is 2.18. The second-order valence-corrected chi connectivity index (χ2v) is 4.96. The van der Waals surface area contributed by atoms with Crippen LogP contribution in [0.1, 0.15) is 25.3 Å². The molecule has 0 aliphatic heterocycles. The third-order valence-corrected chi connectivity index (χ3v) is 3.97. The van der Waals surface area contributed by atoms with Crippen LogP contribution in [0.5, 0.6) is 5.75 Å². The number of ether oxygens (including phenoxy) is 1. The van der Waals surface area contributed by atoms with E-state index in [0.29, 0.717) is 0 Å². The first kappa shape index (κ1) is 10.7. The van der Waals surface area contributed by atoms with E-state index in [9.17, 15) is 0 Å². The second-order valence-electron chi connectivity index (χ2n) is 4.96. The van der Waals surface area contributed by atoms with E-state index in [2.05, 4.69) is 19.1 Å². The largest absolute Gasteiger partial charge is 0.493 e. The Labute approximate surface area is 101 Å². The molecule has 90 valence electrons. The van der Waals surface area contributed by atoms with Gasteiger partial charge in [0.1, 0.15) is 0 Å². The summed E-state index contributed by atoms with van der Waals surface area (Å²) >= 11 is 0. The van der Waals surface area contributed by atoms with Gasteiger partial charge < -0.3 is 14.9 Å². The van der Waals surface area contributed by atoms with Crippen LogP contribution in [0.3, 0.4) is 0 Å². The molecule has 0 radical (unpaired) electrons. The summed E-state index contributed by atoms with van der Waals surface area (Å²) in [6.45, 7) is 2.08. The van der Waals surface area contributed by atoms with E-state index < -0.39 is 0 Å². The smallest absolute Gasteiger partial charge is 0.175 e. The molecular weight excluding hydrogens is 214 g/mol. The average Bonchev–Trinajstić information content (AvgIpc) is 3.01. The van der Waals surface area contributed by atoms with Gasteiger partial charge >= 0.3 is 0 Å². The maximum atomic E-state index is 6.11. The van der Waals surface area contributed by atoms with Crippen molar-refractivity contribution in [1.29, 1.82) is 0 Å². The van der Waals surface area contributed by atoms with Crippen molar-refractivity contribution in [1.82, 2.24) is 0 Å².